The molecular formula is C12H17NO3S. The molecule has 17 heavy (non-hydrogen) atoms. The maximum atomic E-state index is 11.6. The molecule has 0 spiro atoms. The summed E-state index contributed by atoms with van der Waals surface area (Å²) >= 11 is 1.46. The number of carbonyl (C=O) groups excluding carboxylic acids is 1. The fourth-order valence-corrected chi connectivity index (χ4v) is 2.01. The third kappa shape index (κ3) is 5.72. The van der Waals surface area contributed by atoms with Crippen molar-refractivity contribution in [2.75, 3.05) is 26.1 Å². The van der Waals surface area contributed by atoms with Gasteiger partial charge in [-0.3, -0.25) is 4.79 Å². The van der Waals surface area contributed by atoms with E-state index in [4.69, 9.17) is 9.84 Å². The monoisotopic (exact) mass is 255 g/mol. The van der Waals surface area contributed by atoms with Gasteiger partial charge in [0.2, 0.25) is 5.91 Å². The molecule has 94 valence electrons. The number of aliphatic hydroxyl groups excluding tert-OH is 1. The Bertz CT molecular complexity index is 332. The number of hydrogen-bond donors (Lipinski definition) is 2. The molecule has 2 N–H and O–H groups in total. The number of ether oxygens (including phenoxy) is 1. The molecule has 1 atom stereocenters. The number of nitrogens with one attached hydrogen (secondary N) is 1. The first-order chi connectivity index (χ1) is 8.26. The van der Waals surface area contributed by atoms with Gasteiger partial charge in [-0.1, -0.05) is 18.2 Å². The number of rotatable bonds is 7. The van der Waals surface area contributed by atoms with Gasteiger partial charge in [0, 0.05) is 12.0 Å². The minimum atomic E-state index is -0.330. The lowest BCUT2D eigenvalue weighted by atomic mass is 10.3. The highest BCUT2D eigenvalue weighted by atomic mass is 32.2. The molecule has 0 aliphatic carbocycles. The van der Waals surface area contributed by atoms with Crippen LogP contribution in [0.1, 0.15) is 0 Å². The van der Waals surface area contributed by atoms with E-state index < -0.39 is 0 Å². The van der Waals surface area contributed by atoms with E-state index in [0.717, 1.165) is 4.90 Å². The van der Waals surface area contributed by atoms with Crippen LogP contribution < -0.4 is 5.32 Å². The van der Waals surface area contributed by atoms with Crippen molar-refractivity contribution in [2.45, 2.75) is 10.9 Å². The van der Waals surface area contributed by atoms with Gasteiger partial charge in [0.25, 0.3) is 0 Å². The Morgan fingerprint density at radius 3 is 2.76 bits per heavy atom. The maximum absolute atomic E-state index is 11.6. The normalized spacial score (nSPS) is 12.1. The lowest BCUT2D eigenvalue weighted by molar-refractivity contribution is -0.120. The van der Waals surface area contributed by atoms with Crippen LogP contribution in [0.25, 0.3) is 0 Å². The first-order valence-electron chi connectivity index (χ1n) is 5.33. The molecule has 1 amide bonds. The molecule has 0 aromatic heterocycles. The number of aliphatic hydroxyl groups is 1. The second kappa shape index (κ2) is 8.11. The summed E-state index contributed by atoms with van der Waals surface area (Å²) in [6.07, 6.45) is 0. The predicted molar refractivity (Wildman–Crippen MR) is 68.1 cm³/mol. The van der Waals surface area contributed by atoms with Crippen molar-refractivity contribution >= 4 is 17.7 Å². The summed E-state index contributed by atoms with van der Waals surface area (Å²) in [5.41, 5.74) is 0. The Balaban J connectivity index is 2.30. The Morgan fingerprint density at radius 2 is 2.18 bits per heavy atom. The lowest BCUT2D eigenvalue weighted by Gasteiger charge is -2.14. The molecule has 4 nitrogen and oxygen atoms in total. The Morgan fingerprint density at radius 1 is 1.47 bits per heavy atom. The largest absolute Gasteiger partial charge is 0.394 e. The highest BCUT2D eigenvalue weighted by molar-refractivity contribution is 8.00. The summed E-state index contributed by atoms with van der Waals surface area (Å²) in [7, 11) is 1.54. The third-order valence-corrected chi connectivity index (χ3v) is 3.08. The summed E-state index contributed by atoms with van der Waals surface area (Å²) in [6, 6.07) is 9.38. The van der Waals surface area contributed by atoms with Gasteiger partial charge in [-0.05, 0) is 12.1 Å². The smallest absolute Gasteiger partial charge is 0.230 e. The third-order valence-electron chi connectivity index (χ3n) is 2.07. The molecule has 0 aliphatic heterocycles. The summed E-state index contributed by atoms with van der Waals surface area (Å²) in [5, 5.41) is 11.7. The van der Waals surface area contributed by atoms with Gasteiger partial charge in [0.05, 0.1) is 25.0 Å². The molecule has 1 aromatic carbocycles. The van der Waals surface area contributed by atoms with Crippen LogP contribution in [-0.2, 0) is 9.53 Å². The van der Waals surface area contributed by atoms with Gasteiger partial charge < -0.3 is 15.2 Å². The quantitative estimate of drug-likeness (QED) is 0.711. The Hall–Kier alpha value is -1.04. The van der Waals surface area contributed by atoms with Crippen molar-refractivity contribution in [2.24, 2.45) is 0 Å². The molecular weight excluding hydrogens is 238 g/mol. The van der Waals surface area contributed by atoms with E-state index in [1.165, 1.54) is 18.9 Å². The van der Waals surface area contributed by atoms with Crippen LogP contribution in [0, 0.1) is 0 Å². The zero-order valence-corrected chi connectivity index (χ0v) is 10.6. The number of hydrogen-bond acceptors (Lipinski definition) is 4. The highest BCUT2D eigenvalue weighted by Gasteiger charge is 2.10. The predicted octanol–water partition coefficient (Wildman–Crippen LogP) is 0.902. The van der Waals surface area contributed by atoms with Crippen LogP contribution in [0.3, 0.4) is 0 Å². The van der Waals surface area contributed by atoms with E-state index in [9.17, 15) is 4.79 Å². The summed E-state index contributed by atoms with van der Waals surface area (Å²) in [5.74, 6) is 0.236. The first-order valence-corrected chi connectivity index (χ1v) is 6.32. The van der Waals surface area contributed by atoms with Crippen LogP contribution in [0.4, 0.5) is 0 Å². The van der Waals surface area contributed by atoms with Crippen LogP contribution in [0.15, 0.2) is 35.2 Å². The van der Waals surface area contributed by atoms with Gasteiger partial charge in [0.1, 0.15) is 0 Å². The average molecular weight is 255 g/mol. The fourth-order valence-electron chi connectivity index (χ4n) is 1.28. The molecule has 1 aromatic rings. The zero-order chi connectivity index (χ0) is 12.5. The molecule has 0 saturated carbocycles. The van der Waals surface area contributed by atoms with Crippen LogP contribution in [0.2, 0.25) is 0 Å². The van der Waals surface area contributed by atoms with Crippen molar-refractivity contribution in [3.8, 4) is 0 Å². The second-order valence-corrected chi connectivity index (χ2v) is 4.55. The van der Waals surface area contributed by atoms with Gasteiger partial charge in [0.15, 0.2) is 0 Å². The summed E-state index contributed by atoms with van der Waals surface area (Å²) < 4.78 is 4.88. The number of amides is 1. The molecule has 1 rings (SSSR count). The van der Waals surface area contributed by atoms with Crippen LogP contribution in [-0.4, -0.2) is 43.1 Å². The fraction of sp³-hybridized carbons (Fsp3) is 0.417. The molecule has 0 aliphatic rings. The molecule has 0 fully saturated rings. The summed E-state index contributed by atoms with van der Waals surface area (Å²) in [4.78, 5) is 12.6. The van der Waals surface area contributed by atoms with E-state index in [1.54, 1.807) is 0 Å². The standard InChI is InChI=1S/C12H17NO3S/c1-16-8-10(7-14)13-12(15)9-17-11-5-3-2-4-6-11/h2-6,10,14H,7-9H2,1H3,(H,13,15). The average Bonchev–Trinajstić information content (AvgIpc) is 2.37. The van der Waals surface area contributed by atoms with Crippen molar-refractivity contribution in [1.82, 2.24) is 5.32 Å². The van der Waals surface area contributed by atoms with Gasteiger partial charge in [-0.25, -0.2) is 0 Å². The molecule has 0 saturated heterocycles. The summed E-state index contributed by atoms with van der Waals surface area (Å²) in [6.45, 7) is 0.202. The first kappa shape index (κ1) is 14.0. The topological polar surface area (TPSA) is 58.6 Å². The zero-order valence-electron chi connectivity index (χ0n) is 9.76. The highest BCUT2D eigenvalue weighted by Crippen LogP contribution is 2.16. The van der Waals surface area contributed by atoms with Gasteiger partial charge >= 0.3 is 0 Å². The van der Waals surface area contributed by atoms with Crippen molar-refractivity contribution in [3.63, 3.8) is 0 Å². The van der Waals surface area contributed by atoms with Gasteiger partial charge in [-0.2, -0.15) is 0 Å². The Kier molecular flexibility index (Phi) is 6.69. The van der Waals surface area contributed by atoms with Crippen molar-refractivity contribution in [3.05, 3.63) is 30.3 Å². The number of carbonyl (C=O) groups is 1. The minimum absolute atomic E-state index is 0.102. The van der Waals surface area contributed by atoms with Crippen LogP contribution >= 0.6 is 11.8 Å². The molecule has 5 heteroatoms. The number of benzene rings is 1. The minimum Gasteiger partial charge on any atom is -0.394 e. The van der Waals surface area contributed by atoms with E-state index in [2.05, 4.69) is 5.32 Å². The lowest BCUT2D eigenvalue weighted by Crippen LogP contribution is -2.41. The Labute approximate surface area is 105 Å². The number of thioether (sulfide) groups is 1. The molecule has 1 unspecified atom stereocenters. The SMILES string of the molecule is COCC(CO)NC(=O)CSc1ccccc1. The second-order valence-electron chi connectivity index (χ2n) is 3.50. The molecule has 0 radical (unpaired) electrons. The maximum Gasteiger partial charge on any atom is 0.230 e. The number of methoxy groups -OCH3 is 1. The molecule has 0 bridgehead atoms. The van der Waals surface area contributed by atoms with E-state index in [-0.39, 0.29) is 18.6 Å². The van der Waals surface area contributed by atoms with E-state index in [1.807, 2.05) is 30.3 Å². The van der Waals surface area contributed by atoms with Crippen LogP contribution in [0.5, 0.6) is 0 Å². The van der Waals surface area contributed by atoms with Crippen molar-refractivity contribution < 1.29 is 14.6 Å². The van der Waals surface area contributed by atoms with Gasteiger partial charge in [-0.15, -0.1) is 11.8 Å². The van der Waals surface area contributed by atoms with E-state index >= 15 is 0 Å². The van der Waals surface area contributed by atoms with Crippen molar-refractivity contribution in [1.29, 1.82) is 0 Å². The molecule has 0 heterocycles. The van der Waals surface area contributed by atoms with E-state index in [0.29, 0.717) is 12.4 Å².